The molecule has 26 heavy (non-hydrogen) atoms. The molecule has 0 saturated heterocycles. The lowest BCUT2D eigenvalue weighted by atomic mass is 9.85. The molecule has 0 saturated carbocycles. The minimum Gasteiger partial charge on any atom is -0.461 e. The van der Waals surface area contributed by atoms with Gasteiger partial charge in [-0.2, -0.15) is 0 Å². The van der Waals surface area contributed by atoms with Crippen LogP contribution in [0.1, 0.15) is 54.7 Å². The van der Waals surface area contributed by atoms with E-state index in [0.717, 1.165) is 26.9 Å². The lowest BCUT2D eigenvalue weighted by Gasteiger charge is -2.21. The number of hydrogen-bond acceptors (Lipinski definition) is 3. The summed E-state index contributed by atoms with van der Waals surface area (Å²) in [7, 11) is 0. The van der Waals surface area contributed by atoms with Crippen molar-refractivity contribution >= 4 is 33.5 Å². The van der Waals surface area contributed by atoms with Crippen LogP contribution in [0, 0.1) is 0 Å². The molecule has 0 atom stereocenters. The van der Waals surface area contributed by atoms with Gasteiger partial charge in [-0.25, -0.2) is 0 Å². The summed E-state index contributed by atoms with van der Waals surface area (Å²) in [6.45, 7) is 8.50. The summed E-state index contributed by atoms with van der Waals surface area (Å²) in [4.78, 5) is 25.9. The Morgan fingerprint density at radius 3 is 2.62 bits per heavy atom. The van der Waals surface area contributed by atoms with Crippen LogP contribution in [0.4, 0.5) is 5.69 Å². The minimum absolute atomic E-state index is 0.0253. The number of halogens is 1. The van der Waals surface area contributed by atoms with Gasteiger partial charge in [0.2, 0.25) is 0 Å². The average molecular weight is 416 g/mol. The van der Waals surface area contributed by atoms with Crippen molar-refractivity contribution in [3.8, 4) is 0 Å². The number of fused-ring (bicyclic) bond motifs is 1. The molecule has 4 nitrogen and oxygen atoms in total. The second-order valence-corrected chi connectivity index (χ2v) is 8.39. The molecule has 0 aliphatic carbocycles. The molecule has 0 unspecified atom stereocenters. The summed E-state index contributed by atoms with van der Waals surface area (Å²) in [6.07, 6.45) is 0. The van der Waals surface area contributed by atoms with Crippen LogP contribution in [0.2, 0.25) is 0 Å². The Hall–Kier alpha value is -2.14. The van der Waals surface area contributed by atoms with Crippen LogP contribution in [-0.2, 0) is 28.1 Å². The molecule has 0 spiro atoms. The van der Waals surface area contributed by atoms with E-state index < -0.39 is 0 Å². The molecule has 0 fully saturated rings. The van der Waals surface area contributed by atoms with Crippen LogP contribution in [0.15, 0.2) is 40.9 Å². The van der Waals surface area contributed by atoms with Gasteiger partial charge in [-0.05, 0) is 34.7 Å². The van der Waals surface area contributed by atoms with E-state index in [-0.39, 0.29) is 23.9 Å². The van der Waals surface area contributed by atoms with Crippen LogP contribution in [-0.4, -0.2) is 11.9 Å². The van der Waals surface area contributed by atoms with Gasteiger partial charge in [-0.1, -0.05) is 54.9 Å². The number of anilines is 1. The summed E-state index contributed by atoms with van der Waals surface area (Å²) in [5, 5.41) is 0. The first-order valence-corrected chi connectivity index (χ1v) is 9.34. The standard InChI is InChI=1S/C21H22BrNO3/c1-13(24)26-12-17-18(22)6-5-7-19(17)23-11-14-10-15(21(2,3)4)8-9-16(14)20(23)25/h5-10H,11-12H2,1-4H3. The van der Waals surface area contributed by atoms with Crippen LogP contribution in [0.25, 0.3) is 0 Å². The van der Waals surface area contributed by atoms with Crippen LogP contribution in [0.5, 0.6) is 0 Å². The van der Waals surface area contributed by atoms with E-state index in [1.807, 2.05) is 30.3 Å². The van der Waals surface area contributed by atoms with Gasteiger partial charge < -0.3 is 9.64 Å². The Morgan fingerprint density at radius 2 is 1.96 bits per heavy atom. The van der Waals surface area contributed by atoms with Gasteiger partial charge in [0.1, 0.15) is 6.61 Å². The normalized spacial score (nSPS) is 13.7. The zero-order chi connectivity index (χ0) is 19.1. The highest BCUT2D eigenvalue weighted by atomic mass is 79.9. The molecule has 1 aliphatic heterocycles. The highest BCUT2D eigenvalue weighted by Gasteiger charge is 2.31. The molecule has 136 valence electrons. The molecule has 1 aliphatic rings. The molecule has 3 rings (SSSR count). The number of ether oxygens (including phenoxy) is 1. The van der Waals surface area contributed by atoms with Crippen molar-refractivity contribution in [2.75, 3.05) is 4.90 Å². The van der Waals surface area contributed by atoms with Crippen molar-refractivity contribution in [3.05, 3.63) is 63.1 Å². The van der Waals surface area contributed by atoms with E-state index >= 15 is 0 Å². The summed E-state index contributed by atoms with van der Waals surface area (Å²) < 4.78 is 5.99. The van der Waals surface area contributed by atoms with Crippen molar-refractivity contribution in [3.63, 3.8) is 0 Å². The molecular formula is C21H22BrNO3. The summed E-state index contributed by atoms with van der Waals surface area (Å²) in [5.41, 5.74) is 4.55. The van der Waals surface area contributed by atoms with Gasteiger partial charge in [0.05, 0.1) is 12.2 Å². The van der Waals surface area contributed by atoms with Crippen LogP contribution >= 0.6 is 15.9 Å². The fraction of sp³-hybridized carbons (Fsp3) is 0.333. The molecule has 0 N–H and O–H groups in total. The fourth-order valence-electron chi connectivity index (χ4n) is 3.10. The predicted octanol–water partition coefficient (Wildman–Crippen LogP) is 4.97. The zero-order valence-corrected chi connectivity index (χ0v) is 17.0. The topological polar surface area (TPSA) is 46.6 Å². The van der Waals surface area contributed by atoms with E-state index in [1.54, 1.807) is 4.90 Å². The predicted molar refractivity (Wildman–Crippen MR) is 105 cm³/mol. The van der Waals surface area contributed by atoms with E-state index in [0.29, 0.717) is 6.54 Å². The second kappa shape index (κ2) is 6.88. The lowest BCUT2D eigenvalue weighted by Crippen LogP contribution is -2.24. The smallest absolute Gasteiger partial charge is 0.302 e. The summed E-state index contributed by atoms with van der Waals surface area (Å²) >= 11 is 3.51. The lowest BCUT2D eigenvalue weighted by molar-refractivity contribution is -0.142. The number of amides is 1. The molecular weight excluding hydrogens is 394 g/mol. The Labute approximate surface area is 162 Å². The SMILES string of the molecule is CC(=O)OCc1c(Br)cccc1N1Cc2cc(C(C)(C)C)ccc2C1=O. The molecule has 5 heteroatoms. The highest BCUT2D eigenvalue weighted by Crippen LogP contribution is 2.36. The number of carbonyl (C=O) groups is 2. The first-order chi connectivity index (χ1) is 12.2. The van der Waals surface area contributed by atoms with Crippen molar-refractivity contribution in [2.45, 2.75) is 46.3 Å². The first-order valence-electron chi connectivity index (χ1n) is 8.54. The van der Waals surface area contributed by atoms with Crippen molar-refractivity contribution in [2.24, 2.45) is 0 Å². The van der Waals surface area contributed by atoms with Gasteiger partial charge in [0.25, 0.3) is 5.91 Å². The monoisotopic (exact) mass is 415 g/mol. The van der Waals surface area contributed by atoms with Crippen molar-refractivity contribution in [1.82, 2.24) is 0 Å². The quantitative estimate of drug-likeness (QED) is 0.664. The third-order valence-corrected chi connectivity index (χ3v) is 5.32. The van der Waals surface area contributed by atoms with Gasteiger partial charge in [-0.15, -0.1) is 0 Å². The van der Waals surface area contributed by atoms with Crippen LogP contribution in [0.3, 0.4) is 0 Å². The highest BCUT2D eigenvalue weighted by molar-refractivity contribution is 9.10. The van der Waals surface area contributed by atoms with Crippen molar-refractivity contribution in [1.29, 1.82) is 0 Å². The maximum Gasteiger partial charge on any atom is 0.302 e. The van der Waals surface area contributed by atoms with Gasteiger partial charge in [0, 0.05) is 22.5 Å². The zero-order valence-electron chi connectivity index (χ0n) is 15.4. The number of benzene rings is 2. The summed E-state index contributed by atoms with van der Waals surface area (Å²) in [6, 6.07) is 11.7. The Kier molecular flexibility index (Phi) is 4.93. The van der Waals surface area contributed by atoms with Gasteiger partial charge in [-0.3, -0.25) is 9.59 Å². The van der Waals surface area contributed by atoms with Gasteiger partial charge in [0.15, 0.2) is 0 Å². The Morgan fingerprint density at radius 1 is 1.23 bits per heavy atom. The first kappa shape index (κ1) is 18.6. The Bertz CT molecular complexity index is 883. The van der Waals surface area contributed by atoms with Crippen molar-refractivity contribution < 1.29 is 14.3 Å². The maximum absolute atomic E-state index is 13.0. The van der Waals surface area contributed by atoms with E-state index in [4.69, 9.17) is 4.74 Å². The molecule has 0 aromatic heterocycles. The van der Waals surface area contributed by atoms with Crippen LogP contribution < -0.4 is 4.90 Å². The second-order valence-electron chi connectivity index (χ2n) is 7.53. The molecule has 1 amide bonds. The third kappa shape index (κ3) is 3.54. The average Bonchev–Trinajstić information content (AvgIpc) is 2.89. The largest absolute Gasteiger partial charge is 0.461 e. The van der Waals surface area contributed by atoms with E-state index in [2.05, 4.69) is 42.8 Å². The number of rotatable bonds is 3. The summed E-state index contributed by atoms with van der Waals surface area (Å²) in [5.74, 6) is -0.375. The number of esters is 1. The molecule has 2 aromatic carbocycles. The Balaban J connectivity index is 1.98. The number of nitrogens with zero attached hydrogens (tertiary/aromatic N) is 1. The van der Waals surface area contributed by atoms with Gasteiger partial charge >= 0.3 is 5.97 Å². The minimum atomic E-state index is -0.349. The molecule has 0 bridgehead atoms. The molecule has 0 radical (unpaired) electrons. The number of hydrogen-bond donors (Lipinski definition) is 0. The fourth-order valence-corrected chi connectivity index (χ4v) is 3.57. The molecule has 2 aromatic rings. The molecule has 1 heterocycles. The number of carbonyl (C=O) groups excluding carboxylic acids is 2. The van der Waals surface area contributed by atoms with E-state index in [9.17, 15) is 9.59 Å². The third-order valence-electron chi connectivity index (χ3n) is 4.58. The maximum atomic E-state index is 13.0. The van der Waals surface area contributed by atoms with E-state index in [1.165, 1.54) is 12.5 Å².